The predicted molar refractivity (Wildman–Crippen MR) is 248 cm³/mol. The van der Waals surface area contributed by atoms with Crippen LogP contribution >= 0.6 is 11.8 Å². The van der Waals surface area contributed by atoms with Crippen molar-refractivity contribution in [1.82, 2.24) is 35.1 Å². The zero-order chi connectivity index (χ0) is 43.6. The van der Waals surface area contributed by atoms with Crippen molar-refractivity contribution in [3.8, 4) is 0 Å². The van der Waals surface area contributed by atoms with E-state index in [1.807, 2.05) is 51.2 Å². The highest BCUT2D eigenvalue weighted by Gasteiger charge is 2.26. The molecular weight excluding hydrogens is 805 g/mol. The number of amides is 1. The summed E-state index contributed by atoms with van der Waals surface area (Å²) in [6, 6.07) is 9.78. The second kappa shape index (κ2) is 21.4. The summed E-state index contributed by atoms with van der Waals surface area (Å²) in [5.41, 5.74) is 5.70. The number of ketones is 1. The number of ether oxygens (including phenoxy) is 2. The monoisotopic (exact) mass is 866 g/mol. The second-order valence-corrected chi connectivity index (χ2v) is 17.8. The minimum atomic E-state index is -0.259. The van der Waals surface area contributed by atoms with Crippen LogP contribution in [0.1, 0.15) is 104 Å². The molecule has 62 heavy (non-hydrogen) atoms. The van der Waals surface area contributed by atoms with Crippen LogP contribution in [-0.2, 0) is 9.47 Å². The quantitative estimate of drug-likeness (QED) is 0.0535. The van der Waals surface area contributed by atoms with Crippen molar-refractivity contribution >= 4 is 57.6 Å². The number of pyridine rings is 2. The summed E-state index contributed by atoms with van der Waals surface area (Å²) >= 11 is 1.62. The van der Waals surface area contributed by atoms with E-state index in [0.29, 0.717) is 54.9 Å². The van der Waals surface area contributed by atoms with Crippen LogP contribution in [0.25, 0.3) is 11.0 Å². The highest BCUT2D eigenvalue weighted by atomic mass is 32.2. The fraction of sp³-hybridized carbons (Fsp3) is 0.522. The Balaban J connectivity index is 0.747. The standard InChI is InChI=1S/C46H62N10O5S/c1-30-37(43(58)53-46-50-32(3)34(5)62-46)14-11-15-39(30)47-18-25-61-27-26-60-24-10-6-9-19-54-20-22-55(23-21-54)36-16-17-40(48-28-36)51-45-49-29-38-31(2)41(33(4)57)44(59)56(42(38)52-45)35-12-7-8-13-35/h11,14-17,28-29,35,46-47,50H,6-10,12-13,18-27H2,1-5H3,(H,53,58)(H,48,49,51,52). The molecule has 3 aliphatic rings. The molecule has 15 nitrogen and oxygen atoms in total. The van der Waals surface area contributed by atoms with Gasteiger partial charge in [0, 0.05) is 78.8 Å². The van der Waals surface area contributed by atoms with Crippen molar-refractivity contribution in [3.05, 3.63) is 85.9 Å². The number of unbranched alkanes of at least 4 members (excludes halogenated alkanes) is 2. The molecule has 332 valence electrons. The van der Waals surface area contributed by atoms with Gasteiger partial charge in [-0.3, -0.25) is 23.9 Å². The van der Waals surface area contributed by atoms with Gasteiger partial charge in [0.1, 0.15) is 11.5 Å². The number of nitrogens with one attached hydrogen (secondary N) is 4. The Morgan fingerprint density at radius 3 is 2.37 bits per heavy atom. The minimum Gasteiger partial charge on any atom is -0.382 e. The summed E-state index contributed by atoms with van der Waals surface area (Å²) in [6.07, 6.45) is 10.8. The first-order valence-electron chi connectivity index (χ1n) is 22.1. The van der Waals surface area contributed by atoms with Crippen molar-refractivity contribution in [2.24, 2.45) is 0 Å². The molecule has 4 aromatic rings. The first-order chi connectivity index (χ1) is 30.1. The number of carbonyl (C=O) groups is 2. The van der Waals surface area contributed by atoms with Crippen LogP contribution in [-0.4, -0.2) is 107 Å². The van der Waals surface area contributed by atoms with Gasteiger partial charge in [0.05, 0.1) is 37.3 Å². The fourth-order valence-electron chi connectivity index (χ4n) is 8.52. The SMILES string of the molecule is CC(=O)c1c(C)c2cnc(Nc3ccc(N4CCN(CCCCCOCCOCCNc5cccc(C(=O)NC6NC(C)=C(C)S6)c5C)CC4)cn3)nc2n(C2CCCC2)c1=O. The van der Waals surface area contributed by atoms with Crippen molar-refractivity contribution in [2.75, 3.05) is 81.2 Å². The first-order valence-corrected chi connectivity index (χ1v) is 23.0. The van der Waals surface area contributed by atoms with Gasteiger partial charge in [0.15, 0.2) is 11.3 Å². The van der Waals surface area contributed by atoms with Gasteiger partial charge >= 0.3 is 0 Å². The van der Waals surface area contributed by atoms with Crippen LogP contribution in [0.15, 0.2) is 58.1 Å². The molecule has 4 N–H and O–H groups in total. The fourth-order valence-corrected chi connectivity index (χ4v) is 9.52. The molecule has 0 spiro atoms. The maximum Gasteiger partial charge on any atom is 0.263 e. The number of aromatic nitrogens is 4. The Labute approximate surface area is 368 Å². The number of hydrogen-bond donors (Lipinski definition) is 4. The number of fused-ring (bicyclic) bond motifs is 1. The molecule has 1 saturated heterocycles. The summed E-state index contributed by atoms with van der Waals surface area (Å²) in [5.74, 6) is 0.668. The molecule has 5 heterocycles. The van der Waals surface area contributed by atoms with Crippen LogP contribution in [0.2, 0.25) is 0 Å². The van der Waals surface area contributed by atoms with E-state index in [9.17, 15) is 14.4 Å². The van der Waals surface area contributed by atoms with Crippen molar-refractivity contribution < 1.29 is 19.1 Å². The van der Waals surface area contributed by atoms with E-state index < -0.39 is 0 Å². The number of allylic oxidation sites excluding steroid dienone is 2. The number of carbonyl (C=O) groups excluding carboxylic acids is 2. The Morgan fingerprint density at radius 2 is 1.66 bits per heavy atom. The van der Waals surface area contributed by atoms with Crippen molar-refractivity contribution in [3.63, 3.8) is 0 Å². The number of Topliss-reactive ketones (excluding diaryl/α,β-unsaturated/α-hetero) is 1. The van der Waals surface area contributed by atoms with Gasteiger partial charge in [0.25, 0.3) is 11.5 Å². The Hall–Kier alpha value is -5.03. The Morgan fingerprint density at radius 1 is 0.887 bits per heavy atom. The third-order valence-corrected chi connectivity index (χ3v) is 13.3. The lowest BCUT2D eigenvalue weighted by Gasteiger charge is -2.36. The highest BCUT2D eigenvalue weighted by Crippen LogP contribution is 2.32. The number of hydrogen-bond acceptors (Lipinski definition) is 14. The van der Waals surface area contributed by atoms with E-state index in [2.05, 4.69) is 47.1 Å². The average molecular weight is 867 g/mol. The number of nitrogens with zero attached hydrogens (tertiary/aromatic N) is 6. The van der Waals surface area contributed by atoms with E-state index in [1.165, 1.54) is 11.8 Å². The number of benzene rings is 1. The van der Waals surface area contributed by atoms with E-state index in [-0.39, 0.29) is 34.4 Å². The van der Waals surface area contributed by atoms with E-state index in [4.69, 9.17) is 14.5 Å². The number of aryl methyl sites for hydroxylation is 1. The molecule has 1 amide bonds. The molecule has 1 unspecified atom stereocenters. The van der Waals surface area contributed by atoms with E-state index >= 15 is 0 Å². The molecule has 1 saturated carbocycles. The first kappa shape index (κ1) is 45.0. The van der Waals surface area contributed by atoms with Crippen molar-refractivity contribution in [2.45, 2.75) is 91.1 Å². The lowest BCUT2D eigenvalue weighted by Crippen LogP contribution is -2.46. The van der Waals surface area contributed by atoms with Crippen molar-refractivity contribution in [1.29, 1.82) is 0 Å². The molecule has 0 bridgehead atoms. The number of thioether (sulfide) groups is 1. The molecule has 16 heteroatoms. The maximum atomic E-state index is 13.6. The lowest BCUT2D eigenvalue weighted by molar-refractivity contribution is 0.0498. The van der Waals surface area contributed by atoms with E-state index in [1.54, 1.807) is 29.4 Å². The third-order valence-electron chi connectivity index (χ3n) is 12.2. The van der Waals surface area contributed by atoms with Gasteiger partial charge in [-0.15, -0.1) is 0 Å². The normalized spacial score (nSPS) is 17.2. The summed E-state index contributed by atoms with van der Waals surface area (Å²) in [4.78, 5) is 59.0. The molecule has 7 rings (SSSR count). The van der Waals surface area contributed by atoms with E-state index in [0.717, 1.165) is 112 Å². The van der Waals surface area contributed by atoms with Gasteiger partial charge in [-0.1, -0.05) is 30.7 Å². The predicted octanol–water partition coefficient (Wildman–Crippen LogP) is 6.90. The summed E-state index contributed by atoms with van der Waals surface area (Å²) in [6.45, 7) is 17.3. The topological polar surface area (TPSA) is 168 Å². The third kappa shape index (κ3) is 11.1. The summed E-state index contributed by atoms with van der Waals surface area (Å²) in [5, 5.41) is 13.7. The minimum absolute atomic E-state index is 0.0256. The average Bonchev–Trinajstić information content (AvgIpc) is 3.90. The number of piperazine rings is 1. The number of anilines is 4. The Kier molecular flexibility index (Phi) is 15.5. The zero-order valence-electron chi connectivity index (χ0n) is 36.8. The summed E-state index contributed by atoms with van der Waals surface area (Å²) in [7, 11) is 0. The lowest BCUT2D eigenvalue weighted by atomic mass is 10.0. The molecule has 1 atom stereocenters. The van der Waals surface area contributed by atoms with Crippen LogP contribution < -0.4 is 31.7 Å². The second-order valence-electron chi connectivity index (χ2n) is 16.4. The largest absolute Gasteiger partial charge is 0.382 e. The molecule has 1 aliphatic carbocycles. The van der Waals surface area contributed by atoms with Gasteiger partial charge in [-0.2, -0.15) is 4.98 Å². The van der Waals surface area contributed by atoms with Crippen LogP contribution in [0.3, 0.4) is 0 Å². The molecular formula is C46H62N10O5S. The molecule has 1 aromatic carbocycles. The smallest absolute Gasteiger partial charge is 0.263 e. The molecule has 3 aromatic heterocycles. The summed E-state index contributed by atoms with van der Waals surface area (Å²) < 4.78 is 13.3. The Bertz CT molecular complexity index is 2270. The van der Waals surface area contributed by atoms with Gasteiger partial charge < -0.3 is 35.6 Å². The van der Waals surface area contributed by atoms with Crippen LogP contribution in [0.4, 0.5) is 23.1 Å². The van der Waals surface area contributed by atoms with Crippen LogP contribution in [0.5, 0.6) is 0 Å². The maximum absolute atomic E-state index is 13.6. The van der Waals surface area contributed by atoms with Gasteiger partial charge in [0.2, 0.25) is 5.95 Å². The molecule has 0 radical (unpaired) electrons. The molecule has 2 fully saturated rings. The number of rotatable bonds is 20. The van der Waals surface area contributed by atoms with Gasteiger partial charge in [-0.25, -0.2) is 9.97 Å². The van der Waals surface area contributed by atoms with Gasteiger partial charge in [-0.05, 0) is 109 Å². The highest BCUT2D eigenvalue weighted by molar-refractivity contribution is 8.03. The molecule has 2 aliphatic heterocycles. The van der Waals surface area contributed by atoms with Crippen LogP contribution in [0, 0.1) is 13.8 Å². The zero-order valence-corrected chi connectivity index (χ0v) is 37.7.